The molecule has 2 aromatic rings. The van der Waals surface area contributed by atoms with Crippen LogP contribution in [0.5, 0.6) is 0 Å². The first kappa shape index (κ1) is 16.0. The van der Waals surface area contributed by atoms with E-state index in [1.807, 2.05) is 6.07 Å². The molecule has 21 heavy (non-hydrogen) atoms. The van der Waals surface area contributed by atoms with Crippen LogP contribution in [0.3, 0.4) is 0 Å². The molecule has 0 aliphatic heterocycles. The van der Waals surface area contributed by atoms with E-state index in [1.54, 1.807) is 12.1 Å². The first-order chi connectivity index (χ1) is 9.90. The number of anilines is 1. The third kappa shape index (κ3) is 4.55. The van der Waals surface area contributed by atoms with E-state index in [0.717, 1.165) is 22.1 Å². The van der Waals surface area contributed by atoms with E-state index in [4.69, 9.17) is 5.73 Å². The van der Waals surface area contributed by atoms with Crippen molar-refractivity contribution < 1.29 is 4.39 Å². The van der Waals surface area contributed by atoms with E-state index >= 15 is 0 Å². The van der Waals surface area contributed by atoms with Crippen LogP contribution in [-0.4, -0.2) is 12.1 Å². The van der Waals surface area contributed by atoms with Gasteiger partial charge >= 0.3 is 0 Å². The maximum Gasteiger partial charge on any atom is 0.123 e. The molecular formula is C17H20BrFN2. The smallest absolute Gasteiger partial charge is 0.123 e. The van der Waals surface area contributed by atoms with Crippen molar-refractivity contribution in [2.24, 2.45) is 5.73 Å². The number of benzene rings is 2. The molecule has 4 heteroatoms. The van der Waals surface area contributed by atoms with Gasteiger partial charge < -0.3 is 11.1 Å². The van der Waals surface area contributed by atoms with E-state index < -0.39 is 0 Å². The lowest BCUT2D eigenvalue weighted by atomic mass is 9.92. The van der Waals surface area contributed by atoms with Crippen molar-refractivity contribution in [1.82, 2.24) is 0 Å². The summed E-state index contributed by atoms with van der Waals surface area (Å²) in [5.41, 5.74) is 8.93. The molecule has 0 aliphatic rings. The molecule has 1 atom stereocenters. The molecule has 0 amide bonds. The highest BCUT2D eigenvalue weighted by Crippen LogP contribution is 2.24. The van der Waals surface area contributed by atoms with Crippen molar-refractivity contribution in [3.8, 4) is 0 Å². The Labute approximate surface area is 133 Å². The van der Waals surface area contributed by atoms with Crippen LogP contribution in [0, 0.1) is 12.7 Å². The predicted molar refractivity (Wildman–Crippen MR) is 90.1 cm³/mol. The molecule has 0 fully saturated rings. The van der Waals surface area contributed by atoms with Gasteiger partial charge in [0.2, 0.25) is 0 Å². The maximum absolute atomic E-state index is 13.0. The topological polar surface area (TPSA) is 38.0 Å². The maximum atomic E-state index is 13.0. The Morgan fingerprint density at radius 3 is 2.43 bits per heavy atom. The number of aryl methyl sites for hydroxylation is 1. The third-order valence-corrected chi connectivity index (χ3v) is 3.90. The van der Waals surface area contributed by atoms with Crippen molar-refractivity contribution in [2.45, 2.75) is 25.8 Å². The molecule has 2 aromatic carbocycles. The van der Waals surface area contributed by atoms with Crippen LogP contribution in [0.1, 0.15) is 18.1 Å². The van der Waals surface area contributed by atoms with Crippen LogP contribution in [-0.2, 0) is 6.42 Å². The van der Waals surface area contributed by atoms with Gasteiger partial charge in [-0.25, -0.2) is 4.39 Å². The Balaban J connectivity index is 2.18. The fraction of sp³-hybridized carbons (Fsp3) is 0.294. The number of hydrogen-bond acceptors (Lipinski definition) is 2. The van der Waals surface area contributed by atoms with Crippen LogP contribution < -0.4 is 11.1 Å². The molecule has 112 valence electrons. The van der Waals surface area contributed by atoms with E-state index in [0.29, 0.717) is 6.54 Å². The summed E-state index contributed by atoms with van der Waals surface area (Å²) in [7, 11) is 0. The van der Waals surface area contributed by atoms with Crippen molar-refractivity contribution in [1.29, 1.82) is 0 Å². The highest BCUT2D eigenvalue weighted by molar-refractivity contribution is 9.10. The minimum atomic E-state index is -0.287. The number of rotatable bonds is 5. The van der Waals surface area contributed by atoms with Crippen molar-refractivity contribution in [3.63, 3.8) is 0 Å². The van der Waals surface area contributed by atoms with Crippen molar-refractivity contribution in [3.05, 3.63) is 63.9 Å². The molecule has 0 aliphatic carbocycles. The van der Waals surface area contributed by atoms with Crippen molar-refractivity contribution in [2.75, 3.05) is 11.9 Å². The second kappa shape index (κ2) is 6.58. The fourth-order valence-electron chi connectivity index (χ4n) is 2.38. The molecule has 0 spiro atoms. The molecule has 0 saturated heterocycles. The molecule has 2 rings (SSSR count). The molecule has 0 radical (unpaired) electrons. The highest BCUT2D eigenvalue weighted by atomic mass is 79.9. The van der Waals surface area contributed by atoms with Gasteiger partial charge in [-0.05, 0) is 61.7 Å². The lowest BCUT2D eigenvalue weighted by Crippen LogP contribution is -2.44. The fourth-order valence-corrected chi connectivity index (χ4v) is 2.98. The van der Waals surface area contributed by atoms with E-state index in [-0.39, 0.29) is 11.4 Å². The van der Waals surface area contributed by atoms with Gasteiger partial charge in [-0.3, -0.25) is 0 Å². The average molecular weight is 351 g/mol. The molecule has 0 heterocycles. The second-order valence-electron chi connectivity index (χ2n) is 5.71. The van der Waals surface area contributed by atoms with Gasteiger partial charge in [0.25, 0.3) is 0 Å². The third-order valence-electron chi connectivity index (χ3n) is 3.45. The molecular weight excluding hydrogens is 331 g/mol. The van der Waals surface area contributed by atoms with Gasteiger partial charge in [0.1, 0.15) is 5.82 Å². The molecule has 2 nitrogen and oxygen atoms in total. The van der Waals surface area contributed by atoms with E-state index in [9.17, 15) is 4.39 Å². The molecule has 0 bridgehead atoms. The highest BCUT2D eigenvalue weighted by Gasteiger charge is 2.23. The summed E-state index contributed by atoms with van der Waals surface area (Å²) in [5.74, 6) is -0.219. The van der Waals surface area contributed by atoms with Gasteiger partial charge in [-0.15, -0.1) is 0 Å². The SMILES string of the molecule is Cc1cc(Br)cc(NC(C)(CN)Cc2ccc(F)cc2)c1. The number of nitrogens with one attached hydrogen (secondary N) is 1. The zero-order valence-electron chi connectivity index (χ0n) is 12.3. The summed E-state index contributed by atoms with van der Waals surface area (Å²) in [4.78, 5) is 0. The average Bonchev–Trinajstić information content (AvgIpc) is 2.40. The van der Waals surface area contributed by atoms with Crippen LogP contribution in [0.15, 0.2) is 46.9 Å². The summed E-state index contributed by atoms with van der Waals surface area (Å²) in [5, 5.41) is 3.50. The largest absolute Gasteiger partial charge is 0.378 e. The molecule has 3 N–H and O–H groups in total. The second-order valence-corrected chi connectivity index (χ2v) is 6.63. The Morgan fingerprint density at radius 2 is 1.86 bits per heavy atom. The monoisotopic (exact) mass is 350 g/mol. The van der Waals surface area contributed by atoms with Crippen LogP contribution in [0.4, 0.5) is 10.1 Å². The summed E-state index contributed by atoms with van der Waals surface area (Å²) in [6, 6.07) is 12.7. The molecule has 0 saturated carbocycles. The summed E-state index contributed by atoms with van der Waals surface area (Å²) in [6.45, 7) is 4.61. The number of hydrogen-bond donors (Lipinski definition) is 2. The quantitative estimate of drug-likeness (QED) is 0.844. The standard InChI is InChI=1S/C17H20BrFN2/c1-12-7-14(18)9-16(8-12)21-17(2,11-20)10-13-3-5-15(19)6-4-13/h3-9,21H,10-11,20H2,1-2H3. The van der Waals surface area contributed by atoms with E-state index in [1.165, 1.54) is 17.7 Å². The van der Waals surface area contributed by atoms with Gasteiger partial charge in [-0.1, -0.05) is 28.1 Å². The lowest BCUT2D eigenvalue weighted by Gasteiger charge is -2.31. The predicted octanol–water partition coefficient (Wildman–Crippen LogP) is 4.27. The summed E-state index contributed by atoms with van der Waals surface area (Å²) >= 11 is 3.50. The van der Waals surface area contributed by atoms with Crippen LogP contribution in [0.2, 0.25) is 0 Å². The van der Waals surface area contributed by atoms with Gasteiger partial charge in [0.15, 0.2) is 0 Å². The Hall–Kier alpha value is -1.39. The zero-order chi connectivity index (χ0) is 15.5. The first-order valence-electron chi connectivity index (χ1n) is 6.90. The van der Waals surface area contributed by atoms with Gasteiger partial charge in [0, 0.05) is 16.7 Å². The van der Waals surface area contributed by atoms with Gasteiger partial charge in [0.05, 0.1) is 5.54 Å². The Morgan fingerprint density at radius 1 is 1.19 bits per heavy atom. The lowest BCUT2D eigenvalue weighted by molar-refractivity contribution is 0.520. The molecule has 0 aromatic heterocycles. The normalized spacial score (nSPS) is 13.8. The minimum absolute atomic E-state index is 0.219. The van der Waals surface area contributed by atoms with Gasteiger partial charge in [-0.2, -0.15) is 0 Å². The minimum Gasteiger partial charge on any atom is -0.378 e. The first-order valence-corrected chi connectivity index (χ1v) is 7.69. The summed E-state index contributed by atoms with van der Waals surface area (Å²) < 4.78 is 14.0. The number of halogens is 2. The Bertz CT molecular complexity index is 592. The van der Waals surface area contributed by atoms with E-state index in [2.05, 4.69) is 47.2 Å². The van der Waals surface area contributed by atoms with Crippen LogP contribution >= 0.6 is 15.9 Å². The summed E-state index contributed by atoms with van der Waals surface area (Å²) in [6.07, 6.45) is 0.731. The molecule has 1 unspecified atom stereocenters. The zero-order valence-corrected chi connectivity index (χ0v) is 13.9. The van der Waals surface area contributed by atoms with Crippen molar-refractivity contribution >= 4 is 21.6 Å². The van der Waals surface area contributed by atoms with Crippen LogP contribution in [0.25, 0.3) is 0 Å². The number of nitrogens with two attached hydrogens (primary N) is 1. The Kier molecular flexibility index (Phi) is 5.01.